The van der Waals surface area contributed by atoms with Crippen LogP contribution in [0.25, 0.3) is 0 Å². The predicted molar refractivity (Wildman–Crippen MR) is 76.2 cm³/mol. The Labute approximate surface area is 112 Å². The molecular formula is C16H17NO2. The van der Waals surface area contributed by atoms with Gasteiger partial charge in [0, 0.05) is 11.3 Å². The average Bonchev–Trinajstić information content (AvgIpc) is 2.39. The van der Waals surface area contributed by atoms with Crippen LogP contribution in [-0.2, 0) is 0 Å². The first-order valence-corrected chi connectivity index (χ1v) is 6.22. The van der Waals surface area contributed by atoms with E-state index in [1.54, 1.807) is 31.2 Å². The maximum absolute atomic E-state index is 12.0. The van der Waals surface area contributed by atoms with Gasteiger partial charge in [0.2, 0.25) is 0 Å². The fraction of sp³-hybridized carbons (Fsp3) is 0.188. The average molecular weight is 255 g/mol. The minimum absolute atomic E-state index is 0.150. The van der Waals surface area contributed by atoms with E-state index >= 15 is 0 Å². The molecule has 0 aliphatic carbocycles. The van der Waals surface area contributed by atoms with Crippen molar-refractivity contribution in [3.05, 3.63) is 65.2 Å². The highest BCUT2D eigenvalue weighted by Crippen LogP contribution is 2.17. The first-order chi connectivity index (χ1) is 9.06. The molecule has 2 N–H and O–H groups in total. The smallest absolute Gasteiger partial charge is 0.255 e. The molecule has 19 heavy (non-hydrogen) atoms. The Hall–Kier alpha value is -2.13. The third-order valence-electron chi connectivity index (χ3n) is 2.94. The van der Waals surface area contributed by atoms with Crippen LogP contribution >= 0.6 is 0 Å². The Morgan fingerprint density at radius 3 is 2.47 bits per heavy atom. The number of hydrogen-bond donors (Lipinski definition) is 2. The summed E-state index contributed by atoms with van der Waals surface area (Å²) in [4.78, 5) is 12.0. The molecule has 2 aromatic carbocycles. The first kappa shape index (κ1) is 13.3. The zero-order chi connectivity index (χ0) is 13.8. The highest BCUT2D eigenvalue weighted by atomic mass is 16.3. The van der Waals surface area contributed by atoms with Crippen LogP contribution in [0.15, 0.2) is 48.5 Å². The number of aryl methyl sites for hydroxylation is 1. The highest BCUT2D eigenvalue weighted by Gasteiger charge is 2.07. The quantitative estimate of drug-likeness (QED) is 0.884. The summed E-state index contributed by atoms with van der Waals surface area (Å²) in [5.74, 6) is -0.150. The van der Waals surface area contributed by atoms with E-state index in [9.17, 15) is 9.90 Å². The third-order valence-corrected chi connectivity index (χ3v) is 2.94. The van der Waals surface area contributed by atoms with Gasteiger partial charge < -0.3 is 10.4 Å². The van der Waals surface area contributed by atoms with E-state index in [2.05, 4.69) is 5.32 Å². The van der Waals surface area contributed by atoms with Gasteiger partial charge in [-0.25, -0.2) is 0 Å². The number of amides is 1. The van der Waals surface area contributed by atoms with Crippen LogP contribution in [0.5, 0.6) is 0 Å². The van der Waals surface area contributed by atoms with E-state index in [0.717, 1.165) is 11.1 Å². The molecule has 1 atom stereocenters. The van der Waals surface area contributed by atoms with Crippen LogP contribution in [0.4, 0.5) is 5.69 Å². The van der Waals surface area contributed by atoms with Crippen molar-refractivity contribution < 1.29 is 9.90 Å². The molecule has 98 valence electrons. The molecule has 2 rings (SSSR count). The number of nitrogens with one attached hydrogen (secondary N) is 1. The van der Waals surface area contributed by atoms with E-state index in [-0.39, 0.29) is 5.91 Å². The molecule has 0 saturated heterocycles. The first-order valence-electron chi connectivity index (χ1n) is 6.22. The van der Waals surface area contributed by atoms with Crippen LogP contribution in [0, 0.1) is 6.92 Å². The molecule has 0 aliphatic heterocycles. The Morgan fingerprint density at radius 2 is 1.84 bits per heavy atom. The van der Waals surface area contributed by atoms with Crippen molar-refractivity contribution in [3.63, 3.8) is 0 Å². The second-order valence-corrected chi connectivity index (χ2v) is 4.62. The Balaban J connectivity index is 2.14. The molecule has 0 spiro atoms. The van der Waals surface area contributed by atoms with Crippen molar-refractivity contribution in [1.29, 1.82) is 0 Å². The topological polar surface area (TPSA) is 49.3 Å². The Kier molecular flexibility index (Phi) is 3.97. The van der Waals surface area contributed by atoms with Crippen molar-refractivity contribution in [2.75, 3.05) is 5.32 Å². The van der Waals surface area contributed by atoms with Gasteiger partial charge >= 0.3 is 0 Å². The molecule has 0 aromatic heterocycles. The maximum atomic E-state index is 12.0. The fourth-order valence-corrected chi connectivity index (χ4v) is 1.78. The van der Waals surface area contributed by atoms with Crippen molar-refractivity contribution in [3.8, 4) is 0 Å². The molecule has 1 amide bonds. The number of anilines is 1. The largest absolute Gasteiger partial charge is 0.389 e. The van der Waals surface area contributed by atoms with Gasteiger partial charge in [-0.3, -0.25) is 4.79 Å². The van der Waals surface area contributed by atoms with Gasteiger partial charge in [-0.2, -0.15) is 0 Å². The van der Waals surface area contributed by atoms with E-state index < -0.39 is 6.10 Å². The molecule has 0 aliphatic rings. The lowest BCUT2D eigenvalue weighted by Crippen LogP contribution is -2.12. The summed E-state index contributed by atoms with van der Waals surface area (Å²) in [5.41, 5.74) is 3.20. The molecule has 0 bridgehead atoms. The van der Waals surface area contributed by atoms with Crippen LogP contribution in [0.1, 0.15) is 34.5 Å². The summed E-state index contributed by atoms with van der Waals surface area (Å²) in [5, 5.41) is 12.3. The summed E-state index contributed by atoms with van der Waals surface area (Å²) in [7, 11) is 0. The van der Waals surface area contributed by atoms with E-state index in [1.165, 1.54) is 0 Å². The van der Waals surface area contributed by atoms with Crippen LogP contribution in [0.2, 0.25) is 0 Å². The molecule has 3 nitrogen and oxygen atoms in total. The maximum Gasteiger partial charge on any atom is 0.255 e. The fourth-order valence-electron chi connectivity index (χ4n) is 1.78. The van der Waals surface area contributed by atoms with Crippen LogP contribution < -0.4 is 5.32 Å². The van der Waals surface area contributed by atoms with E-state index in [0.29, 0.717) is 11.3 Å². The number of rotatable bonds is 3. The lowest BCUT2D eigenvalue weighted by atomic mass is 10.1. The Morgan fingerprint density at radius 1 is 1.16 bits per heavy atom. The van der Waals surface area contributed by atoms with Gasteiger partial charge in [0.15, 0.2) is 0 Å². The monoisotopic (exact) mass is 255 g/mol. The van der Waals surface area contributed by atoms with Crippen molar-refractivity contribution >= 4 is 11.6 Å². The molecule has 0 saturated carbocycles. The summed E-state index contributed by atoms with van der Waals surface area (Å²) < 4.78 is 0. The summed E-state index contributed by atoms with van der Waals surface area (Å²) in [6.45, 7) is 3.68. The Bertz CT molecular complexity index is 574. The lowest BCUT2D eigenvalue weighted by Gasteiger charge is -2.09. The zero-order valence-corrected chi connectivity index (χ0v) is 11.1. The van der Waals surface area contributed by atoms with Gasteiger partial charge in [0.25, 0.3) is 5.91 Å². The summed E-state index contributed by atoms with van der Waals surface area (Å²) in [6.07, 6.45) is -0.545. The SMILES string of the molecule is Cc1ccc(C(=O)Nc2cccc([C@H](C)O)c2)cc1. The van der Waals surface area contributed by atoms with Crippen LogP contribution in [0.3, 0.4) is 0 Å². The second-order valence-electron chi connectivity index (χ2n) is 4.62. The van der Waals surface area contributed by atoms with E-state index in [4.69, 9.17) is 0 Å². The third kappa shape index (κ3) is 3.42. The number of carbonyl (C=O) groups is 1. The molecular weight excluding hydrogens is 238 g/mol. The summed E-state index contributed by atoms with van der Waals surface area (Å²) in [6, 6.07) is 14.6. The van der Waals surface area contributed by atoms with Crippen LogP contribution in [-0.4, -0.2) is 11.0 Å². The number of hydrogen-bond acceptors (Lipinski definition) is 2. The summed E-state index contributed by atoms with van der Waals surface area (Å²) >= 11 is 0. The molecule has 3 heteroatoms. The number of benzene rings is 2. The number of aliphatic hydroxyl groups is 1. The molecule has 2 aromatic rings. The van der Waals surface area contributed by atoms with Gasteiger partial charge in [0.05, 0.1) is 6.10 Å². The van der Waals surface area contributed by atoms with E-state index in [1.807, 2.05) is 31.2 Å². The molecule has 0 radical (unpaired) electrons. The zero-order valence-electron chi connectivity index (χ0n) is 11.1. The van der Waals surface area contributed by atoms with Gasteiger partial charge in [0.1, 0.15) is 0 Å². The van der Waals surface area contributed by atoms with Gasteiger partial charge in [-0.1, -0.05) is 29.8 Å². The highest BCUT2D eigenvalue weighted by molar-refractivity contribution is 6.04. The molecule has 0 unspecified atom stereocenters. The normalized spacial score (nSPS) is 11.9. The van der Waals surface area contributed by atoms with Crippen molar-refractivity contribution in [1.82, 2.24) is 0 Å². The number of carbonyl (C=O) groups excluding carboxylic acids is 1. The van der Waals surface area contributed by atoms with Crippen molar-refractivity contribution in [2.45, 2.75) is 20.0 Å². The van der Waals surface area contributed by atoms with Crippen molar-refractivity contribution in [2.24, 2.45) is 0 Å². The van der Waals surface area contributed by atoms with Gasteiger partial charge in [-0.05, 0) is 43.7 Å². The molecule has 0 fully saturated rings. The minimum Gasteiger partial charge on any atom is -0.389 e. The number of aliphatic hydroxyl groups excluding tert-OH is 1. The lowest BCUT2D eigenvalue weighted by molar-refractivity contribution is 0.102. The standard InChI is InChI=1S/C16H17NO2/c1-11-6-8-13(9-7-11)16(19)17-15-5-3-4-14(10-15)12(2)18/h3-10,12,18H,1-2H3,(H,17,19)/t12-/m0/s1. The predicted octanol–water partition coefficient (Wildman–Crippen LogP) is 3.30. The van der Waals surface area contributed by atoms with Gasteiger partial charge in [-0.15, -0.1) is 0 Å². The molecule has 0 heterocycles. The second kappa shape index (κ2) is 5.67. The minimum atomic E-state index is -0.545.